The second-order valence-electron chi connectivity index (χ2n) is 7.91. The van der Waals surface area contributed by atoms with Gasteiger partial charge in [-0.05, 0) is 50.7 Å². The first kappa shape index (κ1) is 20.4. The fourth-order valence-electron chi connectivity index (χ4n) is 4.06. The van der Waals surface area contributed by atoms with E-state index in [4.69, 9.17) is 10.5 Å². The van der Waals surface area contributed by atoms with Gasteiger partial charge < -0.3 is 30.9 Å². The molecule has 4 N–H and O–H groups in total. The molecule has 160 valence electrons. The number of likely N-dealkylation sites (N-methyl/N-ethyl adjacent to an activating group) is 1. The van der Waals surface area contributed by atoms with Gasteiger partial charge in [-0.3, -0.25) is 4.79 Å². The van der Waals surface area contributed by atoms with Crippen LogP contribution in [0.25, 0.3) is 0 Å². The van der Waals surface area contributed by atoms with E-state index in [-0.39, 0.29) is 0 Å². The summed E-state index contributed by atoms with van der Waals surface area (Å²) in [6.07, 6.45) is 3.89. The molecule has 0 saturated carbocycles. The molecule has 0 radical (unpaired) electrons. The van der Waals surface area contributed by atoms with Gasteiger partial charge in [-0.25, -0.2) is 4.98 Å². The van der Waals surface area contributed by atoms with Crippen molar-refractivity contribution in [3.8, 4) is 0 Å². The lowest BCUT2D eigenvalue weighted by molar-refractivity contribution is 0.100. The number of anilines is 4. The summed E-state index contributed by atoms with van der Waals surface area (Å²) in [7, 11) is 2.13. The van der Waals surface area contributed by atoms with E-state index in [9.17, 15) is 4.79 Å². The molecule has 0 bridgehead atoms. The molecule has 2 aliphatic heterocycles. The number of likely N-dealkylation sites (tertiary alicyclic amines) is 1. The van der Waals surface area contributed by atoms with E-state index in [0.29, 0.717) is 23.1 Å². The van der Waals surface area contributed by atoms with Gasteiger partial charge in [-0.1, -0.05) is 0 Å². The SMILES string of the molecule is CN1CCCC1CNc1cc(Nc2ccc(N3CCOCC3)cc2)ncc1C(N)=O. The molecular formula is C22H30N6O2. The first-order valence-corrected chi connectivity index (χ1v) is 10.5. The molecule has 30 heavy (non-hydrogen) atoms. The van der Waals surface area contributed by atoms with Crippen molar-refractivity contribution in [3.05, 3.63) is 42.1 Å². The third-order valence-corrected chi connectivity index (χ3v) is 5.89. The molecule has 2 aliphatic rings. The predicted octanol–water partition coefficient (Wildman–Crippen LogP) is 2.27. The van der Waals surface area contributed by atoms with Crippen LogP contribution in [0.3, 0.4) is 0 Å². The number of pyridine rings is 1. The number of carbonyl (C=O) groups excluding carboxylic acids is 1. The van der Waals surface area contributed by atoms with Gasteiger partial charge in [0.15, 0.2) is 0 Å². The summed E-state index contributed by atoms with van der Waals surface area (Å²) in [5.41, 5.74) is 8.79. The summed E-state index contributed by atoms with van der Waals surface area (Å²) >= 11 is 0. The lowest BCUT2D eigenvalue weighted by Gasteiger charge is -2.28. The fourth-order valence-corrected chi connectivity index (χ4v) is 4.06. The number of hydrogen-bond donors (Lipinski definition) is 3. The highest BCUT2D eigenvalue weighted by molar-refractivity contribution is 5.98. The molecule has 1 unspecified atom stereocenters. The largest absolute Gasteiger partial charge is 0.383 e. The zero-order valence-electron chi connectivity index (χ0n) is 17.4. The Morgan fingerprint density at radius 2 is 2.00 bits per heavy atom. The maximum Gasteiger partial charge on any atom is 0.252 e. The number of ether oxygens (including phenoxy) is 1. The topological polar surface area (TPSA) is 95.8 Å². The van der Waals surface area contributed by atoms with Gasteiger partial charge in [0, 0.05) is 49.3 Å². The smallest absolute Gasteiger partial charge is 0.252 e. The molecule has 1 aromatic carbocycles. The molecule has 8 heteroatoms. The number of benzene rings is 1. The van der Waals surface area contributed by atoms with Crippen LogP contribution < -0.4 is 21.3 Å². The molecule has 3 heterocycles. The number of rotatable bonds is 7. The number of morpholine rings is 1. The van der Waals surface area contributed by atoms with Crippen molar-refractivity contribution in [1.82, 2.24) is 9.88 Å². The summed E-state index contributed by atoms with van der Waals surface area (Å²) in [5.74, 6) is 0.188. The third-order valence-electron chi connectivity index (χ3n) is 5.89. The van der Waals surface area contributed by atoms with Gasteiger partial charge in [0.25, 0.3) is 5.91 Å². The van der Waals surface area contributed by atoms with Crippen LogP contribution in [0.5, 0.6) is 0 Å². The highest BCUT2D eigenvalue weighted by Gasteiger charge is 2.21. The highest BCUT2D eigenvalue weighted by Crippen LogP contribution is 2.25. The average molecular weight is 411 g/mol. The molecule has 0 aliphatic carbocycles. The molecule has 2 aromatic rings. The second-order valence-corrected chi connectivity index (χ2v) is 7.91. The minimum Gasteiger partial charge on any atom is -0.383 e. The monoisotopic (exact) mass is 410 g/mol. The number of nitrogens with one attached hydrogen (secondary N) is 2. The third kappa shape index (κ3) is 4.83. The number of nitrogens with two attached hydrogens (primary N) is 1. The van der Waals surface area contributed by atoms with Crippen LogP contribution in [-0.2, 0) is 4.74 Å². The Balaban J connectivity index is 1.45. The van der Waals surface area contributed by atoms with Crippen molar-refractivity contribution < 1.29 is 9.53 Å². The molecule has 8 nitrogen and oxygen atoms in total. The van der Waals surface area contributed by atoms with E-state index in [1.807, 2.05) is 18.2 Å². The Hall–Kier alpha value is -2.84. The Kier molecular flexibility index (Phi) is 6.35. The summed E-state index contributed by atoms with van der Waals surface area (Å²) in [6.45, 7) is 5.24. The summed E-state index contributed by atoms with van der Waals surface area (Å²) in [4.78, 5) is 20.9. The molecule has 1 amide bonds. The lowest BCUT2D eigenvalue weighted by atomic mass is 10.2. The first-order valence-electron chi connectivity index (χ1n) is 10.5. The summed E-state index contributed by atoms with van der Waals surface area (Å²) in [6, 6.07) is 10.6. The molecule has 1 aromatic heterocycles. The number of carbonyl (C=O) groups is 1. The second kappa shape index (κ2) is 9.32. The Labute approximate surface area is 177 Å². The van der Waals surface area contributed by atoms with Gasteiger partial charge in [0.2, 0.25) is 0 Å². The van der Waals surface area contributed by atoms with Crippen molar-refractivity contribution in [3.63, 3.8) is 0 Å². The van der Waals surface area contributed by atoms with E-state index in [1.54, 1.807) is 0 Å². The van der Waals surface area contributed by atoms with Crippen molar-refractivity contribution >= 4 is 28.8 Å². The van der Waals surface area contributed by atoms with Crippen LogP contribution in [-0.4, -0.2) is 68.3 Å². The number of amides is 1. The highest BCUT2D eigenvalue weighted by atomic mass is 16.5. The van der Waals surface area contributed by atoms with E-state index < -0.39 is 5.91 Å². The zero-order valence-corrected chi connectivity index (χ0v) is 17.4. The van der Waals surface area contributed by atoms with Gasteiger partial charge >= 0.3 is 0 Å². The lowest BCUT2D eigenvalue weighted by Crippen LogP contribution is -2.36. The van der Waals surface area contributed by atoms with Gasteiger partial charge in [0.1, 0.15) is 5.82 Å². The molecular weight excluding hydrogens is 380 g/mol. The van der Waals surface area contributed by atoms with Crippen LogP contribution >= 0.6 is 0 Å². The van der Waals surface area contributed by atoms with E-state index >= 15 is 0 Å². The maximum absolute atomic E-state index is 11.8. The quantitative estimate of drug-likeness (QED) is 0.644. The molecule has 2 saturated heterocycles. The van der Waals surface area contributed by atoms with Crippen LogP contribution in [0.1, 0.15) is 23.2 Å². The van der Waals surface area contributed by atoms with Crippen LogP contribution in [0.2, 0.25) is 0 Å². The van der Waals surface area contributed by atoms with Crippen molar-refractivity contribution in [2.45, 2.75) is 18.9 Å². The number of aromatic nitrogens is 1. The van der Waals surface area contributed by atoms with Gasteiger partial charge in [-0.2, -0.15) is 0 Å². The summed E-state index contributed by atoms with van der Waals surface area (Å²) < 4.78 is 5.42. The van der Waals surface area contributed by atoms with Crippen LogP contribution in [0.15, 0.2) is 36.5 Å². The minimum atomic E-state index is -0.480. The molecule has 1 atom stereocenters. The zero-order chi connectivity index (χ0) is 20.9. The van der Waals surface area contributed by atoms with Crippen molar-refractivity contribution in [2.24, 2.45) is 5.73 Å². The van der Waals surface area contributed by atoms with E-state index in [2.05, 4.69) is 44.6 Å². The standard InChI is InChI=1S/C22H30N6O2/c1-27-8-2-3-18(27)14-24-20-13-21(25-15-19(20)22(23)29)26-16-4-6-17(7-5-16)28-9-11-30-12-10-28/h4-7,13,15,18H,2-3,8-12,14H2,1H3,(H2,23,29)(H2,24,25,26). The van der Waals surface area contributed by atoms with E-state index in [1.165, 1.54) is 18.3 Å². The number of primary amides is 1. The first-order chi connectivity index (χ1) is 14.6. The van der Waals surface area contributed by atoms with Crippen molar-refractivity contribution in [2.75, 3.05) is 62.0 Å². The predicted molar refractivity (Wildman–Crippen MR) is 120 cm³/mol. The van der Waals surface area contributed by atoms with Gasteiger partial charge in [-0.15, -0.1) is 0 Å². The maximum atomic E-state index is 11.8. The normalized spacial score (nSPS) is 19.6. The average Bonchev–Trinajstić information content (AvgIpc) is 3.18. The van der Waals surface area contributed by atoms with E-state index in [0.717, 1.165) is 51.5 Å². The fraction of sp³-hybridized carbons (Fsp3) is 0.455. The van der Waals surface area contributed by atoms with Crippen LogP contribution in [0.4, 0.5) is 22.9 Å². The Morgan fingerprint density at radius 1 is 1.23 bits per heavy atom. The Bertz CT molecular complexity index is 866. The number of hydrogen-bond acceptors (Lipinski definition) is 7. The Morgan fingerprint density at radius 3 is 2.67 bits per heavy atom. The molecule has 0 spiro atoms. The molecule has 2 fully saturated rings. The summed E-state index contributed by atoms with van der Waals surface area (Å²) in [5, 5.41) is 6.72. The van der Waals surface area contributed by atoms with Crippen LogP contribution in [0, 0.1) is 0 Å². The number of nitrogens with zero attached hydrogens (tertiary/aromatic N) is 3. The van der Waals surface area contributed by atoms with Gasteiger partial charge in [0.05, 0.1) is 24.5 Å². The minimum absolute atomic E-state index is 0.406. The molecule has 4 rings (SSSR count). The van der Waals surface area contributed by atoms with Crippen molar-refractivity contribution in [1.29, 1.82) is 0 Å².